The number of hydrogen-bond acceptors (Lipinski definition) is 5. The predicted molar refractivity (Wildman–Crippen MR) is 114 cm³/mol. The molecule has 2 aromatic rings. The van der Waals surface area contributed by atoms with Crippen molar-refractivity contribution in [3.63, 3.8) is 0 Å². The van der Waals surface area contributed by atoms with Crippen molar-refractivity contribution in [1.29, 1.82) is 0 Å². The molecule has 1 saturated heterocycles. The molecule has 3 rings (SSSR count). The molecule has 0 saturated carbocycles. The van der Waals surface area contributed by atoms with Crippen LogP contribution < -0.4 is 15.0 Å². The van der Waals surface area contributed by atoms with Gasteiger partial charge in [-0.15, -0.1) is 11.3 Å². The number of halogens is 3. The number of aliphatic imine (C=N–C) groups is 1. The Balaban J connectivity index is 1.55. The highest BCUT2D eigenvalue weighted by Gasteiger charge is 2.33. The second kappa shape index (κ2) is 10.0. The Hall–Kier alpha value is -2.49. The summed E-state index contributed by atoms with van der Waals surface area (Å²) in [5, 5.41) is 4.79. The van der Waals surface area contributed by atoms with Gasteiger partial charge in [0.15, 0.2) is 11.7 Å². The number of aromatic nitrogens is 1. The Morgan fingerprint density at radius 2 is 1.90 bits per heavy atom. The summed E-state index contributed by atoms with van der Waals surface area (Å²) in [6, 6.07) is 8.01. The quantitative estimate of drug-likeness (QED) is 0.549. The molecule has 0 aliphatic carbocycles. The van der Waals surface area contributed by atoms with Crippen LogP contribution in [0, 0.1) is 0 Å². The number of hydrogen-bond donors (Lipinski definition) is 1. The van der Waals surface area contributed by atoms with Crippen LogP contribution in [0.4, 0.5) is 18.9 Å². The van der Waals surface area contributed by atoms with E-state index >= 15 is 0 Å². The second-order valence-electron chi connectivity index (χ2n) is 6.78. The third kappa shape index (κ3) is 5.78. The molecular formula is C20H26F3N5OS. The fraction of sp³-hybridized carbons (Fsp3) is 0.500. The van der Waals surface area contributed by atoms with E-state index in [-0.39, 0.29) is 0 Å². The van der Waals surface area contributed by atoms with E-state index in [1.807, 2.05) is 19.1 Å². The molecule has 0 spiro atoms. The molecule has 0 amide bonds. The van der Waals surface area contributed by atoms with Crippen LogP contribution in [0.5, 0.6) is 5.75 Å². The van der Waals surface area contributed by atoms with Crippen LogP contribution in [0.15, 0.2) is 34.6 Å². The van der Waals surface area contributed by atoms with Crippen molar-refractivity contribution in [2.75, 3.05) is 51.3 Å². The molecule has 1 aliphatic heterocycles. The zero-order chi connectivity index (χ0) is 21.6. The van der Waals surface area contributed by atoms with Gasteiger partial charge in [0.25, 0.3) is 0 Å². The van der Waals surface area contributed by atoms with E-state index in [0.29, 0.717) is 18.0 Å². The predicted octanol–water partition coefficient (Wildman–Crippen LogP) is 3.50. The average molecular weight is 442 g/mol. The molecule has 30 heavy (non-hydrogen) atoms. The van der Waals surface area contributed by atoms with Crippen molar-refractivity contribution in [2.45, 2.75) is 19.5 Å². The van der Waals surface area contributed by atoms with Crippen LogP contribution in [-0.4, -0.2) is 62.2 Å². The van der Waals surface area contributed by atoms with E-state index in [1.54, 1.807) is 7.11 Å². The van der Waals surface area contributed by atoms with E-state index in [2.05, 4.69) is 37.2 Å². The van der Waals surface area contributed by atoms with Crippen molar-refractivity contribution < 1.29 is 17.9 Å². The number of piperazine rings is 1. The molecule has 0 atom stereocenters. The standard InChI is InChI=1S/C20H26F3N5OS/c1-3-24-19(25-9-8-18-26-17(14-30-18)20(21,22)23)28-12-10-27(11-13-28)15-4-6-16(29-2)7-5-15/h4-7,14H,3,8-13H2,1-2H3,(H,24,25). The number of benzene rings is 1. The number of nitrogens with one attached hydrogen (secondary N) is 1. The lowest BCUT2D eigenvalue weighted by atomic mass is 10.2. The zero-order valence-corrected chi connectivity index (χ0v) is 17.9. The fourth-order valence-electron chi connectivity index (χ4n) is 3.21. The molecule has 0 radical (unpaired) electrons. The molecule has 164 valence electrons. The molecule has 1 aromatic carbocycles. The molecule has 2 heterocycles. The molecule has 0 bridgehead atoms. The van der Waals surface area contributed by atoms with Crippen LogP contribution in [-0.2, 0) is 12.6 Å². The van der Waals surface area contributed by atoms with Gasteiger partial charge in [-0.1, -0.05) is 0 Å². The largest absolute Gasteiger partial charge is 0.497 e. The lowest BCUT2D eigenvalue weighted by Crippen LogP contribution is -2.52. The summed E-state index contributed by atoms with van der Waals surface area (Å²) in [4.78, 5) is 12.8. The minimum Gasteiger partial charge on any atom is -0.497 e. The Kier molecular flexibility index (Phi) is 7.41. The van der Waals surface area contributed by atoms with Crippen LogP contribution in [0.1, 0.15) is 17.6 Å². The van der Waals surface area contributed by atoms with Gasteiger partial charge in [0.1, 0.15) is 5.75 Å². The van der Waals surface area contributed by atoms with E-state index in [4.69, 9.17) is 4.74 Å². The first-order chi connectivity index (χ1) is 14.4. The number of thiazole rings is 1. The zero-order valence-electron chi connectivity index (χ0n) is 17.1. The lowest BCUT2D eigenvalue weighted by molar-refractivity contribution is -0.140. The van der Waals surface area contributed by atoms with E-state index in [9.17, 15) is 13.2 Å². The van der Waals surface area contributed by atoms with Crippen LogP contribution in [0.2, 0.25) is 0 Å². The van der Waals surface area contributed by atoms with Crippen LogP contribution in [0.25, 0.3) is 0 Å². The number of guanidine groups is 1. The summed E-state index contributed by atoms with van der Waals surface area (Å²) in [6.45, 7) is 6.47. The molecule has 1 aliphatic rings. The van der Waals surface area contributed by atoms with Crippen molar-refractivity contribution in [3.05, 3.63) is 40.3 Å². The maximum absolute atomic E-state index is 12.7. The third-order valence-corrected chi connectivity index (χ3v) is 5.69. The molecule has 10 heteroatoms. The molecular weight excluding hydrogens is 415 g/mol. The first-order valence-electron chi connectivity index (χ1n) is 9.84. The van der Waals surface area contributed by atoms with Gasteiger partial charge in [-0.25, -0.2) is 4.98 Å². The highest BCUT2D eigenvalue weighted by atomic mass is 32.1. The van der Waals surface area contributed by atoms with Crippen molar-refractivity contribution >= 4 is 23.0 Å². The highest BCUT2D eigenvalue weighted by molar-refractivity contribution is 7.09. The average Bonchev–Trinajstić information content (AvgIpc) is 3.23. The Morgan fingerprint density at radius 3 is 2.47 bits per heavy atom. The Bertz CT molecular complexity index is 830. The molecule has 6 nitrogen and oxygen atoms in total. The van der Waals surface area contributed by atoms with Gasteiger partial charge in [-0.3, -0.25) is 4.99 Å². The summed E-state index contributed by atoms with van der Waals surface area (Å²) >= 11 is 1.03. The van der Waals surface area contributed by atoms with Crippen molar-refractivity contribution in [1.82, 2.24) is 15.2 Å². The van der Waals surface area contributed by atoms with Gasteiger partial charge in [-0.2, -0.15) is 13.2 Å². The maximum Gasteiger partial charge on any atom is 0.434 e. The summed E-state index contributed by atoms with van der Waals surface area (Å²) < 4.78 is 43.2. The van der Waals surface area contributed by atoms with Crippen molar-refractivity contribution in [3.8, 4) is 5.75 Å². The smallest absolute Gasteiger partial charge is 0.434 e. The Labute approximate surface area is 178 Å². The number of alkyl halides is 3. The number of anilines is 1. The lowest BCUT2D eigenvalue weighted by Gasteiger charge is -2.37. The molecule has 1 fully saturated rings. The van der Waals surface area contributed by atoms with Crippen molar-refractivity contribution in [2.24, 2.45) is 4.99 Å². The molecule has 1 aromatic heterocycles. The van der Waals surface area contributed by atoms with Gasteiger partial charge in [-0.05, 0) is 31.2 Å². The van der Waals surface area contributed by atoms with E-state index in [0.717, 1.165) is 66.8 Å². The molecule has 0 unspecified atom stereocenters. The summed E-state index contributed by atoms with van der Waals surface area (Å²) in [5.41, 5.74) is 0.328. The summed E-state index contributed by atoms with van der Waals surface area (Å²) in [5.74, 6) is 1.63. The van der Waals surface area contributed by atoms with Crippen LogP contribution >= 0.6 is 11.3 Å². The number of ether oxygens (including phenoxy) is 1. The SMILES string of the molecule is CCNC(=NCCc1nc(C(F)(F)F)cs1)N1CCN(c2ccc(OC)cc2)CC1. The monoisotopic (exact) mass is 441 g/mol. The normalized spacial score (nSPS) is 15.4. The first kappa shape index (κ1) is 22.2. The van der Waals surface area contributed by atoms with E-state index < -0.39 is 11.9 Å². The summed E-state index contributed by atoms with van der Waals surface area (Å²) in [6.07, 6.45) is -4.00. The molecule has 1 N–H and O–H groups in total. The van der Waals surface area contributed by atoms with Gasteiger partial charge < -0.3 is 19.9 Å². The third-order valence-electron chi connectivity index (χ3n) is 4.78. The van der Waals surface area contributed by atoms with Gasteiger partial charge in [0.2, 0.25) is 0 Å². The van der Waals surface area contributed by atoms with Crippen LogP contribution in [0.3, 0.4) is 0 Å². The topological polar surface area (TPSA) is 53.0 Å². The number of rotatable bonds is 6. The minimum atomic E-state index is -4.39. The van der Waals surface area contributed by atoms with E-state index in [1.165, 1.54) is 0 Å². The Morgan fingerprint density at radius 1 is 1.20 bits per heavy atom. The number of nitrogens with zero attached hydrogens (tertiary/aromatic N) is 4. The second-order valence-corrected chi connectivity index (χ2v) is 7.72. The first-order valence-corrected chi connectivity index (χ1v) is 10.7. The van der Waals surface area contributed by atoms with Gasteiger partial charge in [0.05, 0.1) is 12.1 Å². The summed E-state index contributed by atoms with van der Waals surface area (Å²) in [7, 11) is 1.65. The van der Waals surface area contributed by atoms with Gasteiger partial charge in [0, 0.05) is 56.8 Å². The minimum absolute atomic E-state index is 0.390. The maximum atomic E-state index is 12.7. The number of methoxy groups -OCH3 is 1. The fourth-order valence-corrected chi connectivity index (χ4v) is 4.00. The van der Waals surface area contributed by atoms with Gasteiger partial charge >= 0.3 is 6.18 Å². The highest BCUT2D eigenvalue weighted by Crippen LogP contribution is 2.30.